The maximum absolute atomic E-state index is 13.7. The summed E-state index contributed by atoms with van der Waals surface area (Å²) in [4.78, 5) is 0. The molecule has 1 nitrogen and oxygen atoms in total. The average molecular weight is 293 g/mol. The lowest BCUT2D eigenvalue weighted by molar-refractivity contribution is 0.239. The SMILES string of the molecule is CSC1CCCCC1NC1CC(c2ccccc2F)C1. The summed E-state index contributed by atoms with van der Waals surface area (Å²) in [5.41, 5.74) is 0.913. The molecule has 2 aliphatic rings. The van der Waals surface area contributed by atoms with Gasteiger partial charge in [0.1, 0.15) is 5.82 Å². The number of hydrogen-bond acceptors (Lipinski definition) is 2. The van der Waals surface area contributed by atoms with Crippen LogP contribution in [0.15, 0.2) is 24.3 Å². The largest absolute Gasteiger partial charge is 0.310 e. The van der Waals surface area contributed by atoms with Crippen molar-refractivity contribution in [1.29, 1.82) is 0 Å². The molecule has 3 rings (SSSR count). The van der Waals surface area contributed by atoms with E-state index in [0.29, 0.717) is 18.0 Å². The van der Waals surface area contributed by atoms with E-state index in [4.69, 9.17) is 0 Å². The van der Waals surface area contributed by atoms with Crippen LogP contribution in [0.2, 0.25) is 0 Å². The molecule has 110 valence electrons. The van der Waals surface area contributed by atoms with Crippen molar-refractivity contribution in [3.8, 4) is 0 Å². The Labute approximate surface area is 125 Å². The van der Waals surface area contributed by atoms with Crippen LogP contribution in [0.1, 0.15) is 50.0 Å². The Morgan fingerprint density at radius 1 is 1.15 bits per heavy atom. The van der Waals surface area contributed by atoms with E-state index in [2.05, 4.69) is 11.6 Å². The maximum Gasteiger partial charge on any atom is 0.126 e. The van der Waals surface area contributed by atoms with E-state index in [1.807, 2.05) is 23.9 Å². The molecule has 1 aromatic carbocycles. The second-order valence-electron chi connectivity index (χ2n) is 6.22. The molecule has 2 atom stereocenters. The second-order valence-corrected chi connectivity index (χ2v) is 7.30. The van der Waals surface area contributed by atoms with Gasteiger partial charge in [0, 0.05) is 17.3 Å². The monoisotopic (exact) mass is 293 g/mol. The third kappa shape index (κ3) is 3.04. The van der Waals surface area contributed by atoms with Gasteiger partial charge in [-0.2, -0.15) is 11.8 Å². The smallest absolute Gasteiger partial charge is 0.126 e. The molecule has 0 saturated heterocycles. The topological polar surface area (TPSA) is 12.0 Å². The zero-order valence-corrected chi connectivity index (χ0v) is 13.0. The van der Waals surface area contributed by atoms with Crippen LogP contribution < -0.4 is 5.32 Å². The fraction of sp³-hybridized carbons (Fsp3) is 0.647. The van der Waals surface area contributed by atoms with Crippen LogP contribution in [0.3, 0.4) is 0 Å². The summed E-state index contributed by atoms with van der Waals surface area (Å²) < 4.78 is 13.7. The summed E-state index contributed by atoms with van der Waals surface area (Å²) in [5.74, 6) is 0.389. The third-order valence-corrected chi connectivity index (χ3v) is 6.11. The van der Waals surface area contributed by atoms with Crippen molar-refractivity contribution in [2.75, 3.05) is 6.26 Å². The first-order chi connectivity index (χ1) is 9.78. The molecule has 1 aromatic rings. The van der Waals surface area contributed by atoms with Crippen LogP contribution in [0, 0.1) is 5.82 Å². The molecule has 0 heterocycles. The molecule has 0 radical (unpaired) electrons. The standard InChI is InChI=1S/C17H24FNS/c1-20-17-9-5-4-8-16(17)19-13-10-12(11-13)14-6-2-3-7-15(14)18/h2-3,6-7,12-13,16-17,19H,4-5,8-11H2,1H3. The summed E-state index contributed by atoms with van der Waals surface area (Å²) in [6.45, 7) is 0. The number of hydrogen-bond donors (Lipinski definition) is 1. The van der Waals surface area contributed by atoms with E-state index >= 15 is 0 Å². The molecular formula is C17H24FNS. The minimum Gasteiger partial charge on any atom is -0.310 e. The van der Waals surface area contributed by atoms with Gasteiger partial charge in [0.15, 0.2) is 0 Å². The Morgan fingerprint density at radius 3 is 2.65 bits per heavy atom. The lowest BCUT2D eigenvalue weighted by atomic mass is 9.75. The predicted molar refractivity (Wildman–Crippen MR) is 84.9 cm³/mol. The molecule has 0 spiro atoms. The van der Waals surface area contributed by atoms with E-state index in [-0.39, 0.29) is 5.82 Å². The molecular weight excluding hydrogens is 269 g/mol. The van der Waals surface area contributed by atoms with Gasteiger partial charge in [0.2, 0.25) is 0 Å². The molecule has 2 fully saturated rings. The fourth-order valence-electron chi connectivity index (χ4n) is 3.69. The van der Waals surface area contributed by atoms with Gasteiger partial charge >= 0.3 is 0 Å². The maximum atomic E-state index is 13.7. The predicted octanol–water partition coefficient (Wildman–Crippen LogP) is 4.34. The highest BCUT2D eigenvalue weighted by atomic mass is 32.2. The van der Waals surface area contributed by atoms with Crippen LogP contribution >= 0.6 is 11.8 Å². The fourth-order valence-corrected chi connectivity index (χ4v) is 4.63. The van der Waals surface area contributed by atoms with E-state index in [1.165, 1.54) is 25.7 Å². The van der Waals surface area contributed by atoms with E-state index in [1.54, 1.807) is 12.1 Å². The quantitative estimate of drug-likeness (QED) is 0.886. The van der Waals surface area contributed by atoms with Crippen molar-refractivity contribution in [3.63, 3.8) is 0 Å². The van der Waals surface area contributed by atoms with Crippen molar-refractivity contribution >= 4 is 11.8 Å². The zero-order chi connectivity index (χ0) is 13.9. The lowest BCUT2D eigenvalue weighted by Gasteiger charge is -2.41. The van der Waals surface area contributed by atoms with Crippen LogP contribution in [-0.2, 0) is 0 Å². The van der Waals surface area contributed by atoms with Crippen LogP contribution in [0.25, 0.3) is 0 Å². The highest BCUT2D eigenvalue weighted by Gasteiger charge is 2.35. The zero-order valence-electron chi connectivity index (χ0n) is 12.1. The minimum absolute atomic E-state index is 0.0318. The Kier molecular flexibility index (Phi) is 4.67. The van der Waals surface area contributed by atoms with Gasteiger partial charge in [-0.05, 0) is 49.5 Å². The van der Waals surface area contributed by atoms with Crippen LogP contribution in [-0.4, -0.2) is 23.6 Å². The minimum atomic E-state index is -0.0318. The van der Waals surface area contributed by atoms with Gasteiger partial charge in [-0.3, -0.25) is 0 Å². The summed E-state index contributed by atoms with van der Waals surface area (Å²) in [6, 6.07) is 8.52. The van der Waals surface area contributed by atoms with Crippen molar-refractivity contribution in [2.45, 2.75) is 61.8 Å². The second kappa shape index (κ2) is 6.48. The number of rotatable bonds is 4. The number of thioether (sulfide) groups is 1. The van der Waals surface area contributed by atoms with E-state index in [9.17, 15) is 4.39 Å². The number of benzene rings is 1. The van der Waals surface area contributed by atoms with Crippen molar-refractivity contribution in [2.24, 2.45) is 0 Å². The number of nitrogens with one attached hydrogen (secondary N) is 1. The molecule has 2 aliphatic carbocycles. The molecule has 20 heavy (non-hydrogen) atoms. The number of halogens is 1. The summed E-state index contributed by atoms with van der Waals surface area (Å²) in [5, 5.41) is 4.61. The van der Waals surface area contributed by atoms with Crippen molar-refractivity contribution < 1.29 is 4.39 Å². The first-order valence-corrected chi connectivity index (χ1v) is 9.10. The molecule has 0 aromatic heterocycles. The van der Waals surface area contributed by atoms with Gasteiger partial charge in [0.25, 0.3) is 0 Å². The highest BCUT2D eigenvalue weighted by Crippen LogP contribution is 2.39. The van der Waals surface area contributed by atoms with Gasteiger partial charge in [-0.1, -0.05) is 31.0 Å². The Hall–Kier alpha value is -0.540. The van der Waals surface area contributed by atoms with Gasteiger partial charge in [-0.15, -0.1) is 0 Å². The molecule has 0 amide bonds. The molecule has 2 saturated carbocycles. The molecule has 3 heteroatoms. The molecule has 0 aliphatic heterocycles. The van der Waals surface area contributed by atoms with Crippen molar-refractivity contribution in [3.05, 3.63) is 35.6 Å². The molecule has 1 N–H and O–H groups in total. The Bertz CT molecular complexity index is 444. The third-order valence-electron chi connectivity index (χ3n) is 4.94. The van der Waals surface area contributed by atoms with E-state index < -0.39 is 0 Å². The average Bonchev–Trinajstić information content (AvgIpc) is 2.44. The Balaban J connectivity index is 1.52. The first kappa shape index (κ1) is 14.4. The molecule has 0 bridgehead atoms. The Morgan fingerprint density at radius 2 is 1.90 bits per heavy atom. The van der Waals surface area contributed by atoms with Gasteiger partial charge < -0.3 is 5.32 Å². The van der Waals surface area contributed by atoms with Crippen molar-refractivity contribution in [1.82, 2.24) is 5.32 Å². The summed E-state index contributed by atoms with van der Waals surface area (Å²) in [6.07, 6.45) is 9.82. The first-order valence-electron chi connectivity index (χ1n) is 7.81. The van der Waals surface area contributed by atoms with Crippen LogP contribution in [0.5, 0.6) is 0 Å². The molecule has 2 unspecified atom stereocenters. The van der Waals surface area contributed by atoms with E-state index in [0.717, 1.165) is 23.7 Å². The lowest BCUT2D eigenvalue weighted by Crippen LogP contribution is -2.50. The summed E-state index contributed by atoms with van der Waals surface area (Å²) in [7, 11) is 0. The normalized spacial score (nSPS) is 33.7. The van der Waals surface area contributed by atoms with Gasteiger partial charge in [0.05, 0.1) is 0 Å². The summed E-state index contributed by atoms with van der Waals surface area (Å²) >= 11 is 2.01. The van der Waals surface area contributed by atoms with Gasteiger partial charge in [-0.25, -0.2) is 4.39 Å². The van der Waals surface area contributed by atoms with Crippen LogP contribution in [0.4, 0.5) is 4.39 Å². The highest BCUT2D eigenvalue weighted by molar-refractivity contribution is 7.99.